The van der Waals surface area contributed by atoms with E-state index in [1.807, 2.05) is 0 Å². The smallest absolute Gasteiger partial charge is 0.110 e. The summed E-state index contributed by atoms with van der Waals surface area (Å²) in [6.07, 6.45) is 8.55. The van der Waals surface area contributed by atoms with E-state index >= 15 is 0 Å². The zero-order chi connectivity index (χ0) is 10.0. The monoisotopic (exact) mass is 198 g/mol. The van der Waals surface area contributed by atoms with E-state index in [9.17, 15) is 0 Å². The van der Waals surface area contributed by atoms with Crippen molar-refractivity contribution in [3.63, 3.8) is 0 Å². The van der Waals surface area contributed by atoms with E-state index in [0.717, 1.165) is 13.0 Å². The van der Waals surface area contributed by atoms with Gasteiger partial charge in [-0.05, 0) is 26.2 Å². The van der Waals surface area contributed by atoms with Gasteiger partial charge in [-0.15, -0.1) is 0 Å². The quantitative estimate of drug-likeness (QED) is 0.694. The minimum Gasteiger partial charge on any atom is -0.370 e. The summed E-state index contributed by atoms with van der Waals surface area (Å²) in [4.78, 5) is 0. The van der Waals surface area contributed by atoms with Gasteiger partial charge in [0.15, 0.2) is 0 Å². The van der Waals surface area contributed by atoms with Crippen LogP contribution >= 0.6 is 0 Å². The molecule has 2 aliphatic rings. The summed E-state index contributed by atoms with van der Waals surface area (Å²) in [5.74, 6) is 0. The van der Waals surface area contributed by atoms with Crippen molar-refractivity contribution in [3.8, 4) is 0 Å². The number of hydrogen-bond donors (Lipinski definition) is 0. The lowest BCUT2D eigenvalue weighted by Crippen LogP contribution is -2.57. The SMILES string of the molecule is CCC1(C)OCC1OC1CCCCC1. The molecule has 2 atom stereocenters. The Morgan fingerprint density at radius 2 is 2.00 bits per heavy atom. The summed E-state index contributed by atoms with van der Waals surface area (Å²) in [5.41, 5.74) is 0.0114. The van der Waals surface area contributed by atoms with Crippen molar-refractivity contribution in [3.05, 3.63) is 0 Å². The fraction of sp³-hybridized carbons (Fsp3) is 1.00. The molecule has 0 N–H and O–H groups in total. The summed E-state index contributed by atoms with van der Waals surface area (Å²) in [7, 11) is 0. The molecule has 2 fully saturated rings. The highest BCUT2D eigenvalue weighted by Crippen LogP contribution is 2.35. The van der Waals surface area contributed by atoms with E-state index in [0.29, 0.717) is 12.2 Å². The lowest BCUT2D eigenvalue weighted by molar-refractivity contribution is -0.264. The molecule has 0 spiro atoms. The van der Waals surface area contributed by atoms with E-state index in [1.165, 1.54) is 32.1 Å². The highest BCUT2D eigenvalue weighted by Gasteiger charge is 2.44. The van der Waals surface area contributed by atoms with Crippen molar-refractivity contribution < 1.29 is 9.47 Å². The molecule has 1 saturated heterocycles. The molecular weight excluding hydrogens is 176 g/mol. The Labute approximate surface area is 87.0 Å². The third-order valence-electron chi connectivity index (χ3n) is 3.86. The Bertz CT molecular complexity index is 183. The van der Waals surface area contributed by atoms with Gasteiger partial charge in [0.1, 0.15) is 6.10 Å². The van der Waals surface area contributed by atoms with Crippen LogP contribution in [0, 0.1) is 0 Å². The van der Waals surface area contributed by atoms with Gasteiger partial charge in [0.2, 0.25) is 0 Å². The maximum atomic E-state index is 6.11. The van der Waals surface area contributed by atoms with Crippen molar-refractivity contribution in [1.29, 1.82) is 0 Å². The molecule has 2 nitrogen and oxygen atoms in total. The molecule has 2 rings (SSSR count). The molecule has 0 aromatic rings. The fourth-order valence-electron chi connectivity index (χ4n) is 2.38. The second-order valence-electron chi connectivity index (χ2n) is 4.86. The van der Waals surface area contributed by atoms with E-state index < -0.39 is 0 Å². The van der Waals surface area contributed by atoms with Crippen LogP contribution < -0.4 is 0 Å². The molecule has 1 heterocycles. The van der Waals surface area contributed by atoms with Crippen LogP contribution in [0.15, 0.2) is 0 Å². The molecule has 2 unspecified atom stereocenters. The maximum absolute atomic E-state index is 6.11. The van der Waals surface area contributed by atoms with Gasteiger partial charge in [-0.1, -0.05) is 26.2 Å². The van der Waals surface area contributed by atoms with Crippen LogP contribution in [0.4, 0.5) is 0 Å². The topological polar surface area (TPSA) is 18.5 Å². The van der Waals surface area contributed by atoms with Gasteiger partial charge < -0.3 is 9.47 Å². The van der Waals surface area contributed by atoms with Crippen LogP contribution in [0.5, 0.6) is 0 Å². The van der Waals surface area contributed by atoms with E-state index in [1.54, 1.807) is 0 Å². The van der Waals surface area contributed by atoms with E-state index in [-0.39, 0.29) is 5.60 Å². The second-order valence-corrected chi connectivity index (χ2v) is 4.86. The van der Waals surface area contributed by atoms with E-state index in [2.05, 4.69) is 13.8 Å². The van der Waals surface area contributed by atoms with Gasteiger partial charge in [0, 0.05) is 0 Å². The molecule has 2 heteroatoms. The normalized spacial score (nSPS) is 39.4. The first-order chi connectivity index (χ1) is 6.74. The molecule has 1 aliphatic heterocycles. The molecule has 0 aromatic carbocycles. The standard InChI is InChI=1S/C12H22O2/c1-3-12(2)11(9-13-12)14-10-7-5-4-6-8-10/h10-11H,3-9H2,1-2H3. The average Bonchev–Trinajstić information content (AvgIpc) is 2.25. The van der Waals surface area contributed by atoms with Gasteiger partial charge >= 0.3 is 0 Å². The highest BCUT2D eigenvalue weighted by atomic mass is 16.6. The molecule has 1 saturated carbocycles. The summed E-state index contributed by atoms with van der Waals surface area (Å²) in [6, 6.07) is 0. The van der Waals surface area contributed by atoms with Crippen LogP contribution in [0.25, 0.3) is 0 Å². The second kappa shape index (κ2) is 4.19. The van der Waals surface area contributed by atoms with Gasteiger partial charge in [0.25, 0.3) is 0 Å². The lowest BCUT2D eigenvalue weighted by Gasteiger charge is -2.47. The summed E-state index contributed by atoms with van der Waals surface area (Å²) in [6.45, 7) is 5.15. The van der Waals surface area contributed by atoms with Crippen molar-refractivity contribution in [1.82, 2.24) is 0 Å². The number of ether oxygens (including phenoxy) is 2. The number of rotatable bonds is 3. The minimum atomic E-state index is 0.0114. The third-order valence-corrected chi connectivity index (χ3v) is 3.86. The zero-order valence-corrected chi connectivity index (χ0v) is 9.42. The first-order valence-corrected chi connectivity index (χ1v) is 6.04. The third kappa shape index (κ3) is 1.96. The lowest BCUT2D eigenvalue weighted by atomic mass is 9.90. The molecule has 0 aromatic heterocycles. The van der Waals surface area contributed by atoms with Gasteiger partial charge in [-0.25, -0.2) is 0 Å². The predicted octanol–water partition coefficient (Wildman–Crippen LogP) is 2.90. The van der Waals surface area contributed by atoms with Crippen LogP contribution in [0.3, 0.4) is 0 Å². The Morgan fingerprint density at radius 3 is 2.50 bits per heavy atom. The molecule has 0 radical (unpaired) electrons. The van der Waals surface area contributed by atoms with Crippen molar-refractivity contribution in [2.45, 2.75) is 70.2 Å². The predicted molar refractivity (Wildman–Crippen MR) is 56.4 cm³/mol. The van der Waals surface area contributed by atoms with Gasteiger partial charge in [0.05, 0.1) is 18.3 Å². The Balaban J connectivity index is 1.79. The summed E-state index contributed by atoms with van der Waals surface area (Å²) < 4.78 is 11.7. The largest absolute Gasteiger partial charge is 0.370 e. The van der Waals surface area contributed by atoms with Crippen molar-refractivity contribution in [2.24, 2.45) is 0 Å². The Hall–Kier alpha value is -0.0800. The maximum Gasteiger partial charge on any atom is 0.110 e. The molecule has 82 valence electrons. The van der Waals surface area contributed by atoms with Crippen molar-refractivity contribution >= 4 is 0 Å². The first-order valence-electron chi connectivity index (χ1n) is 6.04. The van der Waals surface area contributed by atoms with Gasteiger partial charge in [-0.2, -0.15) is 0 Å². The van der Waals surface area contributed by atoms with Crippen LogP contribution in [-0.4, -0.2) is 24.4 Å². The minimum absolute atomic E-state index is 0.0114. The van der Waals surface area contributed by atoms with Gasteiger partial charge in [-0.3, -0.25) is 0 Å². The Morgan fingerprint density at radius 1 is 1.29 bits per heavy atom. The molecule has 14 heavy (non-hydrogen) atoms. The molecular formula is C12H22O2. The highest BCUT2D eigenvalue weighted by molar-refractivity contribution is 4.93. The molecule has 1 aliphatic carbocycles. The molecule has 0 bridgehead atoms. The Kier molecular flexibility index (Phi) is 3.13. The fourth-order valence-corrected chi connectivity index (χ4v) is 2.38. The molecule has 0 amide bonds. The summed E-state index contributed by atoms with van der Waals surface area (Å²) >= 11 is 0. The number of hydrogen-bond acceptors (Lipinski definition) is 2. The van der Waals surface area contributed by atoms with Crippen LogP contribution in [-0.2, 0) is 9.47 Å². The van der Waals surface area contributed by atoms with Crippen molar-refractivity contribution in [2.75, 3.05) is 6.61 Å². The first kappa shape index (κ1) is 10.4. The zero-order valence-electron chi connectivity index (χ0n) is 9.42. The van der Waals surface area contributed by atoms with Crippen LogP contribution in [0.1, 0.15) is 52.4 Å². The van der Waals surface area contributed by atoms with Crippen LogP contribution in [0.2, 0.25) is 0 Å². The average molecular weight is 198 g/mol. The summed E-state index contributed by atoms with van der Waals surface area (Å²) in [5, 5.41) is 0. The van der Waals surface area contributed by atoms with E-state index in [4.69, 9.17) is 9.47 Å².